The maximum atomic E-state index is 9.95. The molecule has 94 valence electrons. The number of nitrogens with one attached hydrogen (secondary N) is 1. The Balaban J connectivity index is 1.61. The monoisotopic (exact) mass is 227 g/mol. The Hall–Kier alpha value is -0.120. The summed E-state index contributed by atoms with van der Waals surface area (Å²) in [5.41, 5.74) is -0.0145. The van der Waals surface area contributed by atoms with Gasteiger partial charge in [0.2, 0.25) is 0 Å². The van der Waals surface area contributed by atoms with Crippen molar-refractivity contribution in [3.05, 3.63) is 0 Å². The summed E-state index contributed by atoms with van der Waals surface area (Å²) in [5.74, 6) is 0. The first kappa shape index (κ1) is 12.3. The molecule has 3 nitrogen and oxygen atoms in total. The highest BCUT2D eigenvalue weighted by Gasteiger charge is 2.43. The number of ether oxygens (including phenoxy) is 1. The molecule has 3 heteroatoms. The van der Waals surface area contributed by atoms with E-state index in [2.05, 4.69) is 19.2 Å². The highest BCUT2D eigenvalue weighted by Crippen LogP contribution is 2.45. The third-order valence-electron chi connectivity index (χ3n) is 3.92. The number of hydrogen-bond acceptors (Lipinski definition) is 3. The van der Waals surface area contributed by atoms with Gasteiger partial charge in [-0.25, -0.2) is 0 Å². The van der Waals surface area contributed by atoms with Crippen LogP contribution >= 0.6 is 0 Å². The van der Waals surface area contributed by atoms with Crippen LogP contribution in [0.25, 0.3) is 0 Å². The van der Waals surface area contributed by atoms with Crippen LogP contribution in [0.2, 0.25) is 0 Å². The fraction of sp³-hybridized carbons (Fsp3) is 1.00. The summed E-state index contributed by atoms with van der Waals surface area (Å²) >= 11 is 0. The predicted molar refractivity (Wildman–Crippen MR) is 64.4 cm³/mol. The number of aliphatic hydroxyl groups is 1. The van der Waals surface area contributed by atoms with Crippen LogP contribution < -0.4 is 5.32 Å². The predicted octanol–water partition coefficient (Wildman–Crippen LogP) is 1.70. The minimum absolute atomic E-state index is 0.327. The second-order valence-electron chi connectivity index (χ2n) is 6.04. The minimum atomic E-state index is -0.394. The van der Waals surface area contributed by atoms with Crippen LogP contribution in [0.15, 0.2) is 0 Å². The largest absolute Gasteiger partial charge is 0.389 e. The first-order valence-electron chi connectivity index (χ1n) is 6.58. The molecular formula is C13H25NO2. The molecule has 0 bridgehead atoms. The SMILES string of the molecule is CC(C)OCC1(CNCC2(O)CCC2)CC1. The van der Waals surface area contributed by atoms with Gasteiger partial charge in [-0.15, -0.1) is 0 Å². The Morgan fingerprint density at radius 2 is 1.88 bits per heavy atom. The third-order valence-corrected chi connectivity index (χ3v) is 3.92. The molecule has 0 saturated heterocycles. The molecule has 16 heavy (non-hydrogen) atoms. The second kappa shape index (κ2) is 4.63. The Kier molecular flexibility index (Phi) is 3.57. The fourth-order valence-corrected chi connectivity index (χ4v) is 2.21. The van der Waals surface area contributed by atoms with Crippen LogP contribution in [0.4, 0.5) is 0 Å². The first-order valence-corrected chi connectivity index (χ1v) is 6.58. The van der Waals surface area contributed by atoms with Gasteiger partial charge >= 0.3 is 0 Å². The molecule has 0 atom stereocenters. The van der Waals surface area contributed by atoms with E-state index in [1.165, 1.54) is 19.3 Å². The molecule has 0 radical (unpaired) electrons. The van der Waals surface area contributed by atoms with E-state index in [9.17, 15) is 5.11 Å². The Bertz CT molecular complexity index is 232. The van der Waals surface area contributed by atoms with Gasteiger partial charge in [-0.05, 0) is 46.0 Å². The van der Waals surface area contributed by atoms with Crippen molar-refractivity contribution in [3.8, 4) is 0 Å². The van der Waals surface area contributed by atoms with Gasteiger partial charge in [0.25, 0.3) is 0 Å². The maximum Gasteiger partial charge on any atom is 0.0771 e. The number of rotatable bonds is 7. The van der Waals surface area contributed by atoms with Crippen molar-refractivity contribution in [3.63, 3.8) is 0 Å². The van der Waals surface area contributed by atoms with E-state index in [-0.39, 0.29) is 0 Å². The van der Waals surface area contributed by atoms with Crippen LogP contribution in [-0.4, -0.2) is 36.5 Å². The van der Waals surface area contributed by atoms with Crippen molar-refractivity contribution in [2.45, 2.75) is 57.7 Å². The zero-order valence-corrected chi connectivity index (χ0v) is 10.6. The summed E-state index contributed by atoms with van der Waals surface area (Å²) in [4.78, 5) is 0. The molecule has 2 aliphatic carbocycles. The topological polar surface area (TPSA) is 41.5 Å². The summed E-state index contributed by atoms with van der Waals surface area (Å²) < 4.78 is 5.69. The average Bonchev–Trinajstić information content (AvgIpc) is 2.93. The lowest BCUT2D eigenvalue weighted by molar-refractivity contribution is -0.0334. The van der Waals surface area contributed by atoms with Gasteiger partial charge in [0.1, 0.15) is 0 Å². The van der Waals surface area contributed by atoms with Crippen LogP contribution in [0.1, 0.15) is 46.0 Å². The van der Waals surface area contributed by atoms with Crippen LogP contribution in [-0.2, 0) is 4.74 Å². The van der Waals surface area contributed by atoms with Crippen LogP contribution in [0.3, 0.4) is 0 Å². The molecule has 0 aliphatic heterocycles. The lowest BCUT2D eigenvalue weighted by atomic mass is 9.80. The number of hydrogen-bond donors (Lipinski definition) is 2. The maximum absolute atomic E-state index is 9.95. The van der Waals surface area contributed by atoms with E-state index in [4.69, 9.17) is 4.74 Å². The molecule has 0 heterocycles. The summed E-state index contributed by atoms with van der Waals surface area (Å²) in [6.45, 7) is 6.80. The summed E-state index contributed by atoms with van der Waals surface area (Å²) in [5, 5.41) is 13.4. The minimum Gasteiger partial charge on any atom is -0.389 e. The van der Waals surface area contributed by atoms with Crippen molar-refractivity contribution in [1.82, 2.24) is 5.32 Å². The zero-order chi connectivity index (χ0) is 11.6. The van der Waals surface area contributed by atoms with Gasteiger partial charge in [0.15, 0.2) is 0 Å². The van der Waals surface area contributed by atoms with E-state index in [1.807, 2.05) is 0 Å². The molecular weight excluding hydrogens is 202 g/mol. The Morgan fingerprint density at radius 3 is 2.31 bits per heavy atom. The van der Waals surface area contributed by atoms with Gasteiger partial charge in [-0.1, -0.05) is 0 Å². The van der Waals surface area contributed by atoms with Gasteiger partial charge < -0.3 is 15.2 Å². The molecule has 0 spiro atoms. The molecule has 2 fully saturated rings. The second-order valence-corrected chi connectivity index (χ2v) is 6.04. The smallest absolute Gasteiger partial charge is 0.0771 e. The van der Waals surface area contributed by atoms with Crippen molar-refractivity contribution in [2.75, 3.05) is 19.7 Å². The summed E-state index contributed by atoms with van der Waals surface area (Å²) in [6.07, 6.45) is 5.98. The fourth-order valence-electron chi connectivity index (χ4n) is 2.21. The van der Waals surface area contributed by atoms with Crippen molar-refractivity contribution < 1.29 is 9.84 Å². The molecule has 0 aromatic carbocycles. The molecule has 2 saturated carbocycles. The Labute approximate surface area is 98.6 Å². The van der Waals surface area contributed by atoms with E-state index in [0.717, 1.165) is 32.5 Å². The van der Waals surface area contributed by atoms with Gasteiger partial charge in [0, 0.05) is 18.5 Å². The van der Waals surface area contributed by atoms with E-state index in [1.54, 1.807) is 0 Å². The molecule has 2 N–H and O–H groups in total. The molecule has 0 amide bonds. The lowest BCUT2D eigenvalue weighted by Crippen LogP contribution is -2.47. The van der Waals surface area contributed by atoms with Gasteiger partial charge in [-0.3, -0.25) is 0 Å². The molecule has 2 rings (SSSR count). The molecule has 0 aromatic rings. The first-order chi connectivity index (χ1) is 7.54. The third kappa shape index (κ3) is 3.19. The van der Waals surface area contributed by atoms with Crippen molar-refractivity contribution in [1.29, 1.82) is 0 Å². The van der Waals surface area contributed by atoms with Crippen LogP contribution in [0, 0.1) is 5.41 Å². The van der Waals surface area contributed by atoms with E-state index < -0.39 is 5.60 Å². The quantitative estimate of drug-likeness (QED) is 0.695. The Morgan fingerprint density at radius 1 is 1.19 bits per heavy atom. The highest BCUT2D eigenvalue weighted by molar-refractivity contribution is 4.97. The zero-order valence-electron chi connectivity index (χ0n) is 10.6. The normalized spacial score (nSPS) is 25.5. The van der Waals surface area contributed by atoms with E-state index >= 15 is 0 Å². The van der Waals surface area contributed by atoms with Gasteiger partial charge in [-0.2, -0.15) is 0 Å². The lowest BCUT2D eigenvalue weighted by Gasteiger charge is -2.37. The van der Waals surface area contributed by atoms with Crippen molar-refractivity contribution >= 4 is 0 Å². The van der Waals surface area contributed by atoms with Crippen LogP contribution in [0.5, 0.6) is 0 Å². The van der Waals surface area contributed by atoms with E-state index in [0.29, 0.717) is 11.5 Å². The highest BCUT2D eigenvalue weighted by atomic mass is 16.5. The summed E-state index contributed by atoms with van der Waals surface area (Å²) in [6, 6.07) is 0. The average molecular weight is 227 g/mol. The van der Waals surface area contributed by atoms with Crippen molar-refractivity contribution in [2.24, 2.45) is 5.41 Å². The van der Waals surface area contributed by atoms with Gasteiger partial charge in [0.05, 0.1) is 18.3 Å². The standard InChI is InChI=1S/C13H25NO2/c1-11(2)16-10-12(6-7-12)8-14-9-13(15)4-3-5-13/h11,14-15H,3-10H2,1-2H3. The molecule has 2 aliphatic rings. The molecule has 0 unspecified atom stereocenters. The summed E-state index contributed by atoms with van der Waals surface area (Å²) in [7, 11) is 0. The molecule has 0 aromatic heterocycles.